The number of pyridine rings is 1. The van der Waals surface area contributed by atoms with E-state index >= 15 is 0 Å². The van der Waals surface area contributed by atoms with Crippen molar-refractivity contribution in [2.75, 3.05) is 7.11 Å². The minimum Gasteiger partial charge on any atom is -0.469 e. The van der Waals surface area contributed by atoms with Crippen molar-refractivity contribution in [1.29, 1.82) is 0 Å². The monoisotopic (exact) mass is 237 g/mol. The van der Waals surface area contributed by atoms with Gasteiger partial charge in [-0.2, -0.15) is 13.2 Å². The fourth-order valence-corrected chi connectivity index (χ4v) is 1.02. The SMILES string of the molecule is COC(=O)Cc1cc(C(F)(F)F)c(F)cn1. The van der Waals surface area contributed by atoms with Crippen LogP contribution in [0.25, 0.3) is 0 Å². The Morgan fingerprint density at radius 2 is 2.12 bits per heavy atom. The summed E-state index contributed by atoms with van der Waals surface area (Å²) in [6.07, 6.45) is -4.81. The number of methoxy groups -OCH3 is 1. The number of hydrogen-bond donors (Lipinski definition) is 0. The zero-order valence-corrected chi connectivity index (χ0v) is 8.14. The molecule has 0 aliphatic rings. The van der Waals surface area contributed by atoms with Crippen molar-refractivity contribution >= 4 is 5.97 Å². The molecule has 1 aromatic heterocycles. The van der Waals surface area contributed by atoms with E-state index in [2.05, 4.69) is 9.72 Å². The summed E-state index contributed by atoms with van der Waals surface area (Å²) in [6.45, 7) is 0. The summed E-state index contributed by atoms with van der Waals surface area (Å²) in [7, 11) is 1.09. The molecule has 7 heteroatoms. The average Bonchev–Trinajstić information content (AvgIpc) is 2.19. The molecular formula is C9H7F4NO2. The Balaban J connectivity index is 3.03. The predicted molar refractivity (Wildman–Crippen MR) is 44.9 cm³/mol. The summed E-state index contributed by atoms with van der Waals surface area (Å²) in [4.78, 5) is 14.2. The third-order valence-electron chi connectivity index (χ3n) is 1.77. The maximum atomic E-state index is 12.8. The number of hydrogen-bond acceptors (Lipinski definition) is 3. The van der Waals surface area contributed by atoms with Gasteiger partial charge in [0.15, 0.2) is 5.82 Å². The van der Waals surface area contributed by atoms with E-state index in [4.69, 9.17) is 0 Å². The van der Waals surface area contributed by atoms with Crippen LogP contribution < -0.4 is 0 Å². The molecule has 16 heavy (non-hydrogen) atoms. The molecule has 0 aliphatic heterocycles. The zero-order valence-electron chi connectivity index (χ0n) is 8.14. The second kappa shape index (κ2) is 4.46. The van der Waals surface area contributed by atoms with Crippen molar-refractivity contribution in [1.82, 2.24) is 4.98 Å². The van der Waals surface area contributed by atoms with Crippen LogP contribution in [-0.2, 0) is 22.1 Å². The first-order chi connectivity index (χ1) is 7.34. The van der Waals surface area contributed by atoms with Gasteiger partial charge in [0.25, 0.3) is 0 Å². The number of alkyl halides is 3. The van der Waals surface area contributed by atoms with Crippen molar-refractivity contribution in [2.24, 2.45) is 0 Å². The van der Waals surface area contributed by atoms with E-state index in [-0.39, 0.29) is 5.69 Å². The maximum absolute atomic E-state index is 12.8. The molecule has 0 saturated heterocycles. The minimum atomic E-state index is -4.81. The minimum absolute atomic E-state index is 0.194. The first-order valence-corrected chi connectivity index (χ1v) is 4.13. The second-order valence-electron chi connectivity index (χ2n) is 2.91. The van der Waals surface area contributed by atoms with Gasteiger partial charge in [-0.05, 0) is 6.07 Å². The number of carbonyl (C=O) groups is 1. The molecule has 0 radical (unpaired) electrons. The molecule has 1 heterocycles. The molecular weight excluding hydrogens is 230 g/mol. The highest BCUT2D eigenvalue weighted by atomic mass is 19.4. The van der Waals surface area contributed by atoms with Crippen molar-refractivity contribution in [3.05, 3.63) is 29.3 Å². The Kier molecular flexibility index (Phi) is 3.46. The smallest absolute Gasteiger partial charge is 0.419 e. The number of ether oxygens (including phenoxy) is 1. The maximum Gasteiger partial charge on any atom is 0.419 e. The third kappa shape index (κ3) is 2.91. The van der Waals surface area contributed by atoms with E-state index < -0.39 is 29.9 Å². The van der Waals surface area contributed by atoms with Crippen molar-refractivity contribution in [2.45, 2.75) is 12.6 Å². The van der Waals surface area contributed by atoms with Crippen LogP contribution in [0.4, 0.5) is 17.6 Å². The van der Waals surface area contributed by atoms with E-state index in [1.807, 2.05) is 0 Å². The Labute approximate surface area is 88.0 Å². The second-order valence-corrected chi connectivity index (χ2v) is 2.91. The van der Waals surface area contributed by atoms with Gasteiger partial charge in [-0.25, -0.2) is 4.39 Å². The molecule has 3 nitrogen and oxygen atoms in total. The van der Waals surface area contributed by atoms with Crippen molar-refractivity contribution in [3.8, 4) is 0 Å². The summed E-state index contributed by atoms with van der Waals surface area (Å²) in [6, 6.07) is 0.492. The molecule has 0 atom stereocenters. The lowest BCUT2D eigenvalue weighted by molar-refractivity contribution is -0.141. The number of rotatable bonds is 2. The van der Waals surface area contributed by atoms with Gasteiger partial charge in [0, 0.05) is 0 Å². The van der Waals surface area contributed by atoms with E-state index in [0.717, 1.165) is 7.11 Å². The number of esters is 1. The van der Waals surface area contributed by atoms with Crippen molar-refractivity contribution in [3.63, 3.8) is 0 Å². The molecule has 0 aromatic carbocycles. The normalized spacial score (nSPS) is 11.3. The first-order valence-electron chi connectivity index (χ1n) is 4.13. The lowest BCUT2D eigenvalue weighted by atomic mass is 10.2. The zero-order chi connectivity index (χ0) is 12.3. The van der Waals surface area contributed by atoms with E-state index in [9.17, 15) is 22.4 Å². The van der Waals surface area contributed by atoms with Gasteiger partial charge in [-0.15, -0.1) is 0 Å². The van der Waals surface area contributed by atoms with E-state index in [0.29, 0.717) is 12.3 Å². The van der Waals surface area contributed by atoms with Gasteiger partial charge in [0.2, 0.25) is 0 Å². The van der Waals surface area contributed by atoms with Gasteiger partial charge in [-0.3, -0.25) is 9.78 Å². The third-order valence-corrected chi connectivity index (χ3v) is 1.77. The number of nitrogens with zero attached hydrogens (tertiary/aromatic N) is 1. The van der Waals surface area contributed by atoms with E-state index in [1.165, 1.54) is 0 Å². The highest BCUT2D eigenvalue weighted by Crippen LogP contribution is 2.31. The molecule has 88 valence electrons. The summed E-state index contributed by atoms with van der Waals surface area (Å²) >= 11 is 0. The van der Waals surface area contributed by atoms with Crippen LogP contribution in [0.15, 0.2) is 12.3 Å². The van der Waals surface area contributed by atoms with Gasteiger partial charge in [0.05, 0.1) is 31.0 Å². The molecule has 0 N–H and O–H groups in total. The molecule has 0 saturated carbocycles. The molecule has 1 aromatic rings. The molecule has 1 rings (SSSR count). The lowest BCUT2D eigenvalue weighted by Gasteiger charge is -2.08. The van der Waals surface area contributed by atoms with Gasteiger partial charge < -0.3 is 4.74 Å². The first kappa shape index (κ1) is 12.4. The van der Waals surface area contributed by atoms with Gasteiger partial charge in [0.1, 0.15) is 0 Å². The van der Waals surface area contributed by atoms with Crippen LogP contribution >= 0.6 is 0 Å². The topological polar surface area (TPSA) is 39.2 Å². The average molecular weight is 237 g/mol. The summed E-state index contributed by atoms with van der Waals surface area (Å²) in [5.41, 5.74) is -1.64. The van der Waals surface area contributed by atoms with E-state index in [1.54, 1.807) is 0 Å². The molecule has 0 spiro atoms. The quantitative estimate of drug-likeness (QED) is 0.583. The van der Waals surface area contributed by atoms with Gasteiger partial charge in [-0.1, -0.05) is 0 Å². The molecule has 0 aliphatic carbocycles. The lowest BCUT2D eigenvalue weighted by Crippen LogP contribution is -2.12. The fourth-order valence-electron chi connectivity index (χ4n) is 1.02. The molecule has 0 amide bonds. The van der Waals surface area contributed by atoms with Crippen LogP contribution in [0.3, 0.4) is 0 Å². The summed E-state index contributed by atoms with van der Waals surface area (Å²) < 4.78 is 53.8. The number of halogens is 4. The van der Waals surface area contributed by atoms with Crippen LogP contribution in [0.5, 0.6) is 0 Å². The Bertz CT molecular complexity index is 403. The molecule has 0 bridgehead atoms. The summed E-state index contributed by atoms with van der Waals surface area (Å²) in [5.74, 6) is -2.21. The van der Waals surface area contributed by atoms with Crippen LogP contribution in [0.2, 0.25) is 0 Å². The molecule has 0 unspecified atom stereocenters. The molecule has 0 fully saturated rings. The summed E-state index contributed by atoms with van der Waals surface area (Å²) in [5, 5.41) is 0. The van der Waals surface area contributed by atoms with Gasteiger partial charge >= 0.3 is 12.1 Å². The fraction of sp³-hybridized carbons (Fsp3) is 0.333. The standard InChI is InChI=1S/C9H7F4NO2/c1-16-8(15)3-5-2-6(9(11,12)13)7(10)4-14-5/h2,4H,3H2,1H3. The highest BCUT2D eigenvalue weighted by molar-refractivity contribution is 5.71. The Hall–Kier alpha value is -1.66. The largest absolute Gasteiger partial charge is 0.469 e. The Morgan fingerprint density at radius 1 is 1.50 bits per heavy atom. The van der Waals surface area contributed by atoms with Crippen LogP contribution in [0.1, 0.15) is 11.3 Å². The van der Waals surface area contributed by atoms with Crippen molar-refractivity contribution < 1.29 is 27.1 Å². The number of aromatic nitrogens is 1. The predicted octanol–water partition coefficient (Wildman–Crippen LogP) is 1.95. The highest BCUT2D eigenvalue weighted by Gasteiger charge is 2.34. The number of carbonyl (C=O) groups excluding carboxylic acids is 1. The van der Waals surface area contributed by atoms with Crippen LogP contribution in [-0.4, -0.2) is 18.1 Å². The van der Waals surface area contributed by atoms with Crippen LogP contribution in [0, 0.1) is 5.82 Å². The Morgan fingerprint density at radius 3 is 2.62 bits per heavy atom.